The van der Waals surface area contributed by atoms with Gasteiger partial charge in [0.15, 0.2) is 5.82 Å². The van der Waals surface area contributed by atoms with Crippen LogP contribution in [0.1, 0.15) is 78.1 Å². The Bertz CT molecular complexity index is 439. The van der Waals surface area contributed by atoms with E-state index in [1.165, 1.54) is 0 Å². The summed E-state index contributed by atoms with van der Waals surface area (Å²) in [4.78, 5) is 4.43. The molecule has 3 atom stereocenters. The Kier molecular flexibility index (Phi) is 4.52. The van der Waals surface area contributed by atoms with E-state index >= 15 is 0 Å². The van der Waals surface area contributed by atoms with E-state index in [-0.39, 0.29) is 17.6 Å². The lowest BCUT2D eigenvalue weighted by Gasteiger charge is -2.43. The molecule has 0 aliphatic heterocycles. The molecular formula is C16H29N3O. The van der Waals surface area contributed by atoms with E-state index in [2.05, 4.69) is 44.7 Å². The van der Waals surface area contributed by atoms with E-state index in [0.29, 0.717) is 11.8 Å². The van der Waals surface area contributed by atoms with Crippen LogP contribution in [0.15, 0.2) is 6.33 Å². The van der Waals surface area contributed by atoms with E-state index < -0.39 is 0 Å². The molecule has 1 N–H and O–H groups in total. The SMILES string of the molecule is CCC(C)(C)C1CCC(O)CC1n1cnc(C(C)C)n1. The lowest BCUT2D eigenvalue weighted by atomic mass is 9.66. The second kappa shape index (κ2) is 5.84. The fraction of sp³-hybridized carbons (Fsp3) is 0.875. The number of aliphatic hydroxyl groups is 1. The molecule has 0 aromatic carbocycles. The summed E-state index contributed by atoms with van der Waals surface area (Å²) in [6, 6.07) is 0.272. The summed E-state index contributed by atoms with van der Waals surface area (Å²) in [5, 5.41) is 14.7. The van der Waals surface area contributed by atoms with Crippen molar-refractivity contribution in [1.82, 2.24) is 14.8 Å². The van der Waals surface area contributed by atoms with Gasteiger partial charge in [0.25, 0.3) is 0 Å². The van der Waals surface area contributed by atoms with Gasteiger partial charge in [0, 0.05) is 5.92 Å². The maximum absolute atomic E-state index is 10.1. The summed E-state index contributed by atoms with van der Waals surface area (Å²) < 4.78 is 2.01. The van der Waals surface area contributed by atoms with Crippen molar-refractivity contribution < 1.29 is 5.11 Å². The molecule has 1 heterocycles. The summed E-state index contributed by atoms with van der Waals surface area (Å²) >= 11 is 0. The zero-order valence-corrected chi connectivity index (χ0v) is 13.5. The fourth-order valence-electron chi connectivity index (χ4n) is 3.30. The molecule has 0 spiro atoms. The molecule has 0 bridgehead atoms. The largest absolute Gasteiger partial charge is 0.393 e. The number of nitrogens with zero attached hydrogens (tertiary/aromatic N) is 3. The number of rotatable bonds is 4. The molecule has 4 heteroatoms. The Hall–Kier alpha value is -0.900. The first kappa shape index (κ1) is 15.5. The van der Waals surface area contributed by atoms with Crippen molar-refractivity contribution in [2.45, 2.75) is 78.4 Å². The van der Waals surface area contributed by atoms with Crippen LogP contribution in [0.4, 0.5) is 0 Å². The maximum atomic E-state index is 10.1. The molecule has 20 heavy (non-hydrogen) atoms. The Morgan fingerprint density at radius 1 is 1.40 bits per heavy atom. The number of hydrogen-bond acceptors (Lipinski definition) is 3. The average Bonchev–Trinajstić information content (AvgIpc) is 2.88. The molecule has 3 unspecified atom stereocenters. The normalized spacial score (nSPS) is 28.1. The second-order valence-corrected chi connectivity index (χ2v) is 7.22. The van der Waals surface area contributed by atoms with Crippen LogP contribution in [0, 0.1) is 11.3 Å². The highest BCUT2D eigenvalue weighted by molar-refractivity contribution is 4.95. The first-order valence-electron chi connectivity index (χ1n) is 7.94. The highest BCUT2D eigenvalue weighted by atomic mass is 16.3. The third kappa shape index (κ3) is 3.05. The predicted molar refractivity (Wildman–Crippen MR) is 80.6 cm³/mol. The lowest BCUT2D eigenvalue weighted by Crippen LogP contribution is -2.38. The van der Waals surface area contributed by atoms with Crippen LogP contribution in [0.25, 0.3) is 0 Å². The van der Waals surface area contributed by atoms with Crippen LogP contribution >= 0.6 is 0 Å². The molecule has 114 valence electrons. The van der Waals surface area contributed by atoms with Crippen molar-refractivity contribution in [3.63, 3.8) is 0 Å². The molecule has 1 aliphatic carbocycles. The minimum atomic E-state index is -0.199. The molecule has 1 aromatic rings. The first-order valence-corrected chi connectivity index (χ1v) is 7.94. The van der Waals surface area contributed by atoms with Crippen molar-refractivity contribution in [3.8, 4) is 0 Å². The highest BCUT2D eigenvalue weighted by Gasteiger charge is 2.40. The third-order valence-electron chi connectivity index (χ3n) is 5.09. The van der Waals surface area contributed by atoms with Gasteiger partial charge < -0.3 is 5.11 Å². The number of aromatic nitrogens is 3. The van der Waals surface area contributed by atoms with Crippen LogP contribution < -0.4 is 0 Å². The minimum absolute atomic E-state index is 0.199. The molecule has 1 aliphatic rings. The third-order valence-corrected chi connectivity index (χ3v) is 5.09. The number of hydrogen-bond donors (Lipinski definition) is 1. The Balaban J connectivity index is 2.27. The van der Waals surface area contributed by atoms with Gasteiger partial charge in [-0.2, -0.15) is 5.10 Å². The molecule has 0 radical (unpaired) electrons. The van der Waals surface area contributed by atoms with Gasteiger partial charge in [-0.05, 0) is 30.6 Å². The average molecular weight is 279 g/mol. The summed E-state index contributed by atoms with van der Waals surface area (Å²) in [6.07, 6.45) is 5.59. The molecular weight excluding hydrogens is 250 g/mol. The summed E-state index contributed by atoms with van der Waals surface area (Å²) in [5.74, 6) is 1.80. The smallest absolute Gasteiger partial charge is 0.153 e. The summed E-state index contributed by atoms with van der Waals surface area (Å²) in [5.41, 5.74) is 0.273. The van der Waals surface area contributed by atoms with Crippen molar-refractivity contribution in [3.05, 3.63) is 12.2 Å². The van der Waals surface area contributed by atoms with Crippen LogP contribution in [0.2, 0.25) is 0 Å². The highest BCUT2D eigenvalue weighted by Crippen LogP contribution is 2.46. The van der Waals surface area contributed by atoms with Gasteiger partial charge in [0.1, 0.15) is 6.33 Å². The zero-order valence-electron chi connectivity index (χ0n) is 13.5. The van der Waals surface area contributed by atoms with Crippen LogP contribution in [-0.4, -0.2) is 26.0 Å². The van der Waals surface area contributed by atoms with Gasteiger partial charge >= 0.3 is 0 Å². The van der Waals surface area contributed by atoms with Gasteiger partial charge in [-0.1, -0.05) is 41.0 Å². The quantitative estimate of drug-likeness (QED) is 0.917. The van der Waals surface area contributed by atoms with Crippen molar-refractivity contribution >= 4 is 0 Å². The first-order chi connectivity index (χ1) is 9.35. The molecule has 1 aromatic heterocycles. The standard InChI is InChI=1S/C16H29N3O/c1-6-16(4,5)13-8-7-12(20)9-14(13)19-10-17-15(18-19)11(2)3/h10-14,20H,6-9H2,1-5H3. The summed E-state index contributed by atoms with van der Waals surface area (Å²) in [6.45, 7) is 11.2. The molecule has 0 saturated heterocycles. The van der Waals surface area contributed by atoms with E-state index in [1.807, 2.05) is 11.0 Å². The second-order valence-electron chi connectivity index (χ2n) is 7.22. The van der Waals surface area contributed by atoms with Crippen LogP contribution in [-0.2, 0) is 0 Å². The van der Waals surface area contributed by atoms with Gasteiger partial charge in [-0.3, -0.25) is 0 Å². The zero-order chi connectivity index (χ0) is 14.9. The Morgan fingerprint density at radius 2 is 2.10 bits per heavy atom. The van der Waals surface area contributed by atoms with Crippen LogP contribution in [0.5, 0.6) is 0 Å². The van der Waals surface area contributed by atoms with Crippen molar-refractivity contribution in [2.24, 2.45) is 11.3 Å². The molecule has 0 amide bonds. The lowest BCUT2D eigenvalue weighted by molar-refractivity contribution is 0.0169. The van der Waals surface area contributed by atoms with Gasteiger partial charge in [0.05, 0.1) is 12.1 Å². The van der Waals surface area contributed by atoms with Crippen molar-refractivity contribution in [1.29, 1.82) is 0 Å². The van der Waals surface area contributed by atoms with Gasteiger partial charge in [0.2, 0.25) is 0 Å². The molecule has 2 rings (SSSR count). The molecule has 1 saturated carbocycles. The number of aliphatic hydroxyl groups excluding tert-OH is 1. The Morgan fingerprint density at radius 3 is 2.65 bits per heavy atom. The molecule has 4 nitrogen and oxygen atoms in total. The predicted octanol–water partition coefficient (Wildman–Crippen LogP) is 3.54. The monoisotopic (exact) mass is 279 g/mol. The van der Waals surface area contributed by atoms with E-state index in [0.717, 1.165) is 31.5 Å². The van der Waals surface area contributed by atoms with E-state index in [9.17, 15) is 5.11 Å². The Labute approximate surface area is 122 Å². The van der Waals surface area contributed by atoms with Gasteiger partial charge in [-0.15, -0.1) is 0 Å². The van der Waals surface area contributed by atoms with Crippen LogP contribution in [0.3, 0.4) is 0 Å². The summed E-state index contributed by atoms with van der Waals surface area (Å²) in [7, 11) is 0. The topological polar surface area (TPSA) is 50.9 Å². The van der Waals surface area contributed by atoms with E-state index in [1.54, 1.807) is 0 Å². The van der Waals surface area contributed by atoms with Crippen molar-refractivity contribution in [2.75, 3.05) is 0 Å². The maximum Gasteiger partial charge on any atom is 0.153 e. The van der Waals surface area contributed by atoms with E-state index in [4.69, 9.17) is 0 Å². The fourth-order valence-corrected chi connectivity index (χ4v) is 3.30. The minimum Gasteiger partial charge on any atom is -0.393 e. The van der Waals surface area contributed by atoms with Gasteiger partial charge in [-0.25, -0.2) is 9.67 Å². The molecule has 1 fully saturated rings.